The van der Waals surface area contributed by atoms with Crippen LogP contribution in [-0.2, 0) is 20.9 Å². The van der Waals surface area contributed by atoms with Crippen LogP contribution in [0.4, 0.5) is 0 Å². The molecular formula is C20H29N3O3. The number of aryl methyl sites for hydroxylation is 1. The molecule has 1 aromatic carbocycles. The van der Waals surface area contributed by atoms with Gasteiger partial charge in [0.25, 0.3) is 0 Å². The van der Waals surface area contributed by atoms with Crippen LogP contribution < -0.4 is 5.32 Å². The normalized spacial score (nSPS) is 21.2. The highest BCUT2D eigenvalue weighted by atomic mass is 16.5. The second-order valence-corrected chi connectivity index (χ2v) is 7.26. The van der Waals surface area contributed by atoms with Gasteiger partial charge in [-0.15, -0.1) is 0 Å². The van der Waals surface area contributed by atoms with Crippen LogP contribution in [0.3, 0.4) is 0 Å². The SMILES string of the molecule is Cc1ccc(CN2CC(C(=O)NCCCN3CCOCC3)CC2=O)cc1. The number of morpholine rings is 1. The van der Waals surface area contributed by atoms with Crippen molar-refractivity contribution in [1.29, 1.82) is 0 Å². The first kappa shape index (κ1) is 18.9. The maximum Gasteiger partial charge on any atom is 0.225 e. The van der Waals surface area contributed by atoms with Gasteiger partial charge >= 0.3 is 0 Å². The Balaban J connectivity index is 1.38. The van der Waals surface area contributed by atoms with Crippen LogP contribution in [-0.4, -0.2) is 67.6 Å². The highest BCUT2D eigenvalue weighted by molar-refractivity contribution is 5.89. The third-order valence-electron chi connectivity index (χ3n) is 5.13. The summed E-state index contributed by atoms with van der Waals surface area (Å²) in [6.07, 6.45) is 1.25. The Hall–Kier alpha value is -1.92. The van der Waals surface area contributed by atoms with Crippen molar-refractivity contribution in [2.24, 2.45) is 5.92 Å². The number of benzene rings is 1. The number of rotatable bonds is 7. The molecule has 0 aliphatic carbocycles. The van der Waals surface area contributed by atoms with E-state index in [1.165, 1.54) is 5.56 Å². The van der Waals surface area contributed by atoms with Gasteiger partial charge in [0.1, 0.15) is 0 Å². The second kappa shape index (κ2) is 9.14. The van der Waals surface area contributed by atoms with Gasteiger partial charge < -0.3 is 15.0 Å². The lowest BCUT2D eigenvalue weighted by molar-refractivity contribution is -0.129. The number of nitrogens with zero attached hydrogens (tertiary/aromatic N) is 2. The Morgan fingerprint density at radius 3 is 2.69 bits per heavy atom. The highest BCUT2D eigenvalue weighted by Gasteiger charge is 2.34. The molecule has 142 valence electrons. The van der Waals surface area contributed by atoms with Crippen molar-refractivity contribution in [2.75, 3.05) is 45.9 Å². The van der Waals surface area contributed by atoms with E-state index in [2.05, 4.69) is 22.3 Å². The van der Waals surface area contributed by atoms with Crippen molar-refractivity contribution in [3.63, 3.8) is 0 Å². The van der Waals surface area contributed by atoms with Crippen LogP contribution in [0, 0.1) is 12.8 Å². The Morgan fingerprint density at radius 1 is 1.23 bits per heavy atom. The first-order chi connectivity index (χ1) is 12.6. The minimum Gasteiger partial charge on any atom is -0.379 e. The number of amides is 2. The van der Waals surface area contributed by atoms with Crippen LogP contribution in [0.1, 0.15) is 24.0 Å². The Bertz CT molecular complexity index is 611. The van der Waals surface area contributed by atoms with Gasteiger partial charge in [-0.1, -0.05) is 29.8 Å². The number of hydrogen-bond acceptors (Lipinski definition) is 4. The molecule has 1 unspecified atom stereocenters. The molecule has 2 heterocycles. The topological polar surface area (TPSA) is 61.9 Å². The van der Waals surface area contributed by atoms with Gasteiger partial charge in [0.2, 0.25) is 11.8 Å². The zero-order valence-electron chi connectivity index (χ0n) is 15.6. The summed E-state index contributed by atoms with van der Waals surface area (Å²) in [5.41, 5.74) is 2.31. The van der Waals surface area contributed by atoms with Crippen molar-refractivity contribution in [3.8, 4) is 0 Å². The molecule has 1 aromatic rings. The van der Waals surface area contributed by atoms with Crippen molar-refractivity contribution >= 4 is 11.8 Å². The lowest BCUT2D eigenvalue weighted by Gasteiger charge is -2.26. The molecule has 1 atom stereocenters. The molecule has 1 N–H and O–H groups in total. The van der Waals surface area contributed by atoms with Crippen molar-refractivity contribution < 1.29 is 14.3 Å². The zero-order valence-corrected chi connectivity index (χ0v) is 15.6. The monoisotopic (exact) mass is 359 g/mol. The van der Waals surface area contributed by atoms with Crippen molar-refractivity contribution in [1.82, 2.24) is 15.1 Å². The quantitative estimate of drug-likeness (QED) is 0.743. The number of hydrogen-bond donors (Lipinski definition) is 1. The van der Waals surface area contributed by atoms with Crippen LogP contribution in [0.5, 0.6) is 0 Å². The predicted octanol–water partition coefficient (Wildman–Crippen LogP) is 1.18. The maximum absolute atomic E-state index is 12.4. The Morgan fingerprint density at radius 2 is 1.96 bits per heavy atom. The lowest BCUT2D eigenvalue weighted by Crippen LogP contribution is -2.39. The largest absolute Gasteiger partial charge is 0.379 e. The Labute approximate surface area is 155 Å². The number of carbonyl (C=O) groups excluding carboxylic acids is 2. The highest BCUT2D eigenvalue weighted by Crippen LogP contribution is 2.20. The zero-order chi connectivity index (χ0) is 18.4. The average molecular weight is 359 g/mol. The minimum absolute atomic E-state index is 0.00623. The summed E-state index contributed by atoms with van der Waals surface area (Å²) >= 11 is 0. The van der Waals surface area contributed by atoms with E-state index in [4.69, 9.17) is 4.74 Å². The van der Waals surface area contributed by atoms with Crippen molar-refractivity contribution in [3.05, 3.63) is 35.4 Å². The van der Waals surface area contributed by atoms with Gasteiger partial charge in [-0.25, -0.2) is 0 Å². The fraction of sp³-hybridized carbons (Fsp3) is 0.600. The number of likely N-dealkylation sites (tertiary alicyclic amines) is 1. The molecule has 2 amide bonds. The fourth-order valence-electron chi connectivity index (χ4n) is 3.50. The molecule has 26 heavy (non-hydrogen) atoms. The lowest BCUT2D eigenvalue weighted by atomic mass is 10.1. The summed E-state index contributed by atoms with van der Waals surface area (Å²) in [4.78, 5) is 28.7. The summed E-state index contributed by atoms with van der Waals surface area (Å²) in [6.45, 7) is 8.33. The molecular weight excluding hydrogens is 330 g/mol. The number of carbonyl (C=O) groups is 2. The average Bonchev–Trinajstić information content (AvgIpc) is 3.02. The third kappa shape index (κ3) is 5.29. The van der Waals surface area contributed by atoms with E-state index < -0.39 is 0 Å². The van der Waals surface area contributed by atoms with Gasteiger partial charge in [-0.3, -0.25) is 14.5 Å². The molecule has 6 heteroatoms. The molecule has 2 aliphatic rings. The van der Waals surface area contributed by atoms with Crippen LogP contribution in [0.15, 0.2) is 24.3 Å². The molecule has 0 saturated carbocycles. The molecule has 0 spiro atoms. The fourth-order valence-corrected chi connectivity index (χ4v) is 3.50. The molecule has 0 radical (unpaired) electrons. The second-order valence-electron chi connectivity index (χ2n) is 7.26. The molecule has 3 rings (SSSR count). The van der Waals surface area contributed by atoms with E-state index in [9.17, 15) is 9.59 Å². The Kier molecular flexibility index (Phi) is 6.63. The summed E-state index contributed by atoms with van der Waals surface area (Å²) < 4.78 is 5.33. The summed E-state index contributed by atoms with van der Waals surface area (Å²) in [5, 5.41) is 3.00. The van der Waals surface area contributed by atoms with E-state index in [1.807, 2.05) is 19.1 Å². The van der Waals surface area contributed by atoms with Gasteiger partial charge in [-0.05, 0) is 25.5 Å². The summed E-state index contributed by atoms with van der Waals surface area (Å²) in [5.74, 6) is -0.151. The maximum atomic E-state index is 12.4. The van der Waals surface area contributed by atoms with Gasteiger partial charge in [0.05, 0.1) is 19.1 Å². The van der Waals surface area contributed by atoms with Crippen molar-refractivity contribution in [2.45, 2.75) is 26.3 Å². The van der Waals surface area contributed by atoms with E-state index in [0.29, 0.717) is 26.1 Å². The molecule has 0 bridgehead atoms. The molecule has 2 fully saturated rings. The third-order valence-corrected chi connectivity index (χ3v) is 5.13. The first-order valence-corrected chi connectivity index (χ1v) is 9.53. The molecule has 2 saturated heterocycles. The molecule has 6 nitrogen and oxygen atoms in total. The standard InChI is InChI=1S/C20H29N3O3/c1-16-3-5-17(6-4-16)14-23-15-18(13-19(23)24)20(25)21-7-2-8-22-9-11-26-12-10-22/h3-6,18H,2,7-15H2,1H3,(H,21,25). The van der Waals surface area contributed by atoms with Crippen LogP contribution in [0.2, 0.25) is 0 Å². The van der Waals surface area contributed by atoms with Gasteiger partial charge in [0, 0.05) is 39.1 Å². The van der Waals surface area contributed by atoms with E-state index in [1.54, 1.807) is 4.90 Å². The number of nitrogens with one attached hydrogen (secondary N) is 1. The van der Waals surface area contributed by atoms with E-state index in [0.717, 1.165) is 44.8 Å². The molecule has 0 aromatic heterocycles. The predicted molar refractivity (Wildman–Crippen MR) is 99.6 cm³/mol. The smallest absolute Gasteiger partial charge is 0.225 e. The van der Waals surface area contributed by atoms with E-state index >= 15 is 0 Å². The van der Waals surface area contributed by atoms with Crippen LogP contribution in [0.25, 0.3) is 0 Å². The summed E-state index contributed by atoms with van der Waals surface area (Å²) in [6, 6.07) is 8.19. The minimum atomic E-state index is -0.226. The van der Waals surface area contributed by atoms with E-state index in [-0.39, 0.29) is 17.7 Å². The summed E-state index contributed by atoms with van der Waals surface area (Å²) in [7, 11) is 0. The van der Waals surface area contributed by atoms with Gasteiger partial charge in [-0.2, -0.15) is 0 Å². The van der Waals surface area contributed by atoms with Crippen LogP contribution >= 0.6 is 0 Å². The van der Waals surface area contributed by atoms with Gasteiger partial charge in [0.15, 0.2) is 0 Å². The first-order valence-electron chi connectivity index (χ1n) is 9.53. The number of ether oxygens (including phenoxy) is 1. The molecule has 2 aliphatic heterocycles.